The van der Waals surface area contributed by atoms with Crippen molar-refractivity contribution in [1.29, 1.82) is 0 Å². The van der Waals surface area contributed by atoms with Gasteiger partial charge in [-0.3, -0.25) is 57.7 Å². The number of hydrogen-bond donors (Lipinski definition) is 16. The molecule has 0 spiro atoms. The summed E-state index contributed by atoms with van der Waals surface area (Å²) in [6.07, 6.45) is 5.24. The van der Waals surface area contributed by atoms with Crippen molar-refractivity contribution in [3.05, 3.63) is 84.1 Å². The number of hydrogen-bond acceptors (Lipinski definition) is 15. The van der Waals surface area contributed by atoms with Gasteiger partial charge in [-0.15, -0.1) is 0 Å². The van der Waals surface area contributed by atoms with E-state index >= 15 is 0 Å². The summed E-state index contributed by atoms with van der Waals surface area (Å²) in [6, 6.07) is 2.37. The number of phenols is 1. The highest BCUT2D eigenvalue weighted by atomic mass is 16.3. The van der Waals surface area contributed by atoms with Gasteiger partial charge >= 0.3 is 0 Å². The zero-order valence-electron chi connectivity index (χ0n) is 47.1. The lowest BCUT2D eigenvalue weighted by molar-refractivity contribution is -0.142. The van der Waals surface area contributed by atoms with Crippen molar-refractivity contribution in [3.63, 3.8) is 0 Å². The molecule has 19 N–H and O–H groups in total. The number of nitrogens with two attached hydrogens (primary N) is 3. The second-order valence-electron chi connectivity index (χ2n) is 21.2. The Morgan fingerprint density at radius 3 is 2.04 bits per heavy atom. The number of phenolic OH excluding ortho intramolecular Hbond substituents is 1. The van der Waals surface area contributed by atoms with Gasteiger partial charge in [0.15, 0.2) is 5.96 Å². The summed E-state index contributed by atoms with van der Waals surface area (Å²) in [4.78, 5) is 164. The first-order chi connectivity index (χ1) is 40.6. The number of guanidine groups is 1. The van der Waals surface area contributed by atoms with E-state index in [4.69, 9.17) is 17.2 Å². The van der Waals surface area contributed by atoms with Gasteiger partial charge in [0.1, 0.15) is 54.1 Å². The van der Waals surface area contributed by atoms with Crippen LogP contribution in [0.3, 0.4) is 0 Å². The number of aliphatic hydroxyl groups excluding tert-OH is 1. The Labute approximate surface area is 488 Å². The summed E-state index contributed by atoms with van der Waals surface area (Å²) >= 11 is 0. The van der Waals surface area contributed by atoms with E-state index in [0.717, 1.165) is 0 Å². The van der Waals surface area contributed by atoms with Crippen LogP contribution in [-0.2, 0) is 72.0 Å². The molecule has 85 heavy (non-hydrogen) atoms. The number of para-hydroxylation sites is 1. The molecule has 0 radical (unpaired) electrons. The van der Waals surface area contributed by atoms with E-state index in [2.05, 4.69) is 67.8 Å². The maximum atomic E-state index is 14.4. The van der Waals surface area contributed by atoms with Crippen LogP contribution in [0, 0.1) is 5.92 Å². The van der Waals surface area contributed by atoms with Crippen LogP contribution in [0.25, 0.3) is 10.9 Å². The first-order valence-corrected chi connectivity index (χ1v) is 27.8. The SMILES string of the molecule is CC(C)C[C@@H](NC(=O)CNC(=O)[C@H](Cc1ccc(O)cc1)NC(=O)[C@H](CO)NC(=O)[C@H](Cc1c[nH]c2ccccc12)NC(=O)[C@H](Cc1cnc[nH]1)NC(=O)[C@@H]1CCC(=O)N1)C(=O)N[C@@H](CCCN=C(N)N)C(=O)N1CCC[C@H]1C(=O)NCC(N)=O. The highest BCUT2D eigenvalue weighted by Gasteiger charge is 2.39. The van der Waals surface area contributed by atoms with Crippen LogP contribution in [0.2, 0.25) is 0 Å². The van der Waals surface area contributed by atoms with E-state index in [0.29, 0.717) is 34.1 Å². The lowest BCUT2D eigenvalue weighted by atomic mass is 10.0. The molecule has 30 heteroatoms. The molecule has 8 atom stereocenters. The zero-order chi connectivity index (χ0) is 61.7. The number of aromatic nitrogens is 3. The molecule has 2 saturated heterocycles. The highest BCUT2D eigenvalue weighted by molar-refractivity contribution is 5.99. The van der Waals surface area contributed by atoms with Crippen molar-refractivity contribution < 1.29 is 63.0 Å². The van der Waals surface area contributed by atoms with Gasteiger partial charge in [0.2, 0.25) is 65.0 Å². The van der Waals surface area contributed by atoms with Gasteiger partial charge < -0.3 is 90.1 Å². The maximum Gasteiger partial charge on any atom is 0.245 e. The highest BCUT2D eigenvalue weighted by Crippen LogP contribution is 2.22. The zero-order valence-corrected chi connectivity index (χ0v) is 47.1. The number of H-pyrrole nitrogens is 2. The number of benzene rings is 2. The molecule has 11 amide bonds. The number of nitrogens with zero attached hydrogens (tertiary/aromatic N) is 3. The Balaban J connectivity index is 1.16. The molecular weight excluding hydrogens is 1110 g/mol. The average molecular weight is 1180 g/mol. The van der Waals surface area contributed by atoms with Crippen LogP contribution < -0.4 is 65.1 Å². The molecule has 4 heterocycles. The number of carbonyl (C=O) groups excluding carboxylic acids is 11. The molecule has 0 saturated carbocycles. The molecular formula is C55H75N17O13. The second-order valence-corrected chi connectivity index (χ2v) is 21.2. The topological polar surface area (TPSA) is 475 Å². The van der Waals surface area contributed by atoms with E-state index in [1.807, 2.05) is 0 Å². The van der Waals surface area contributed by atoms with Gasteiger partial charge in [-0.1, -0.05) is 44.2 Å². The van der Waals surface area contributed by atoms with Gasteiger partial charge in [0.25, 0.3) is 0 Å². The molecule has 2 aliphatic heterocycles. The number of amides is 11. The smallest absolute Gasteiger partial charge is 0.245 e. The normalized spacial score (nSPS) is 16.8. The predicted molar refractivity (Wildman–Crippen MR) is 305 cm³/mol. The van der Waals surface area contributed by atoms with Gasteiger partial charge in [-0.2, -0.15) is 0 Å². The first kappa shape index (κ1) is 64.6. The molecule has 4 aromatic rings. The Morgan fingerprint density at radius 1 is 0.729 bits per heavy atom. The molecule has 2 fully saturated rings. The third kappa shape index (κ3) is 19.5. The number of fused-ring (bicyclic) bond motifs is 1. The summed E-state index contributed by atoms with van der Waals surface area (Å²) in [6.45, 7) is 1.62. The molecule has 2 aromatic carbocycles. The number of primary amides is 1. The summed E-state index contributed by atoms with van der Waals surface area (Å²) in [5.74, 6) is -8.86. The summed E-state index contributed by atoms with van der Waals surface area (Å²) in [7, 11) is 0. The molecule has 0 aliphatic carbocycles. The minimum absolute atomic E-state index is 0.0156. The number of aliphatic hydroxyl groups is 1. The monoisotopic (exact) mass is 1180 g/mol. The molecule has 6 rings (SSSR count). The minimum Gasteiger partial charge on any atom is -0.508 e. The lowest BCUT2D eigenvalue weighted by Crippen LogP contribution is -2.60. The quantitative estimate of drug-likeness (QED) is 0.0129. The lowest BCUT2D eigenvalue weighted by Gasteiger charge is -2.30. The number of aromatic hydroxyl groups is 1. The first-order valence-electron chi connectivity index (χ1n) is 27.8. The third-order valence-corrected chi connectivity index (χ3v) is 14.1. The largest absolute Gasteiger partial charge is 0.508 e. The van der Waals surface area contributed by atoms with E-state index in [9.17, 15) is 63.0 Å². The van der Waals surface area contributed by atoms with E-state index in [1.54, 1.807) is 44.3 Å². The number of carbonyl (C=O) groups is 11. The number of nitrogens with one attached hydrogen (secondary N) is 11. The van der Waals surface area contributed by atoms with Crippen LogP contribution in [-0.4, -0.2) is 182 Å². The number of rotatable bonds is 31. The van der Waals surface area contributed by atoms with Crippen molar-refractivity contribution in [2.75, 3.05) is 32.8 Å². The number of aliphatic imine (C=N–C) groups is 1. The molecule has 458 valence electrons. The molecule has 0 bridgehead atoms. The standard InChI is InChI=1S/C55H75N17O13/c1-29(2)19-38(49(80)67-37(9-5-17-60-55(57)58)54(85)72-18-6-10-43(72)53(84)62-25-44(56)75)66-46(77)26-63-47(78)39(20-30-11-13-33(74)14-12-30)68-52(83)42(27-73)71-50(81)40(21-31-23-61-35-8-4-3-7-34(31)35)69-51(82)41(22-32-24-59-28-64-32)70-48(79)36-15-16-45(76)65-36/h3-4,7-8,11-14,23-24,28-29,36-43,61,73-74H,5-6,9-10,15-22,25-27H2,1-2H3,(H2,56,75)(H,59,64)(H,62,84)(H,63,78)(H,65,76)(H,66,77)(H,67,80)(H,68,83)(H,69,82)(H,70,79)(H,71,81)(H4,57,58,60)/t36-,37-,38+,39-,40-,41-,42-,43-/m0/s1. The Hall–Kier alpha value is -9.61. The molecule has 2 aromatic heterocycles. The van der Waals surface area contributed by atoms with Crippen LogP contribution in [0.1, 0.15) is 75.6 Å². The molecule has 0 unspecified atom stereocenters. The van der Waals surface area contributed by atoms with Crippen molar-refractivity contribution >= 4 is 81.8 Å². The van der Waals surface area contributed by atoms with E-state index < -0.39 is 127 Å². The van der Waals surface area contributed by atoms with E-state index in [1.165, 1.54) is 41.7 Å². The number of imidazole rings is 1. The molecule has 2 aliphatic rings. The summed E-state index contributed by atoms with van der Waals surface area (Å²) in [5, 5.41) is 44.5. The number of aromatic amines is 2. The second kappa shape index (κ2) is 31.2. The van der Waals surface area contributed by atoms with E-state index in [-0.39, 0.29) is 94.4 Å². The van der Waals surface area contributed by atoms with Crippen LogP contribution in [0.5, 0.6) is 5.75 Å². The minimum atomic E-state index is -1.76. The van der Waals surface area contributed by atoms with Crippen molar-refractivity contribution in [2.24, 2.45) is 28.1 Å². The Kier molecular flexibility index (Phi) is 23.7. The fourth-order valence-electron chi connectivity index (χ4n) is 9.79. The fraction of sp³-hybridized carbons (Fsp3) is 0.473. The average Bonchev–Trinajstić information content (AvgIpc) is 4.32. The van der Waals surface area contributed by atoms with Gasteiger partial charge in [0, 0.05) is 67.8 Å². The Morgan fingerprint density at radius 2 is 1.39 bits per heavy atom. The van der Waals surface area contributed by atoms with Crippen molar-refractivity contribution in [3.8, 4) is 5.75 Å². The van der Waals surface area contributed by atoms with Crippen LogP contribution in [0.4, 0.5) is 0 Å². The van der Waals surface area contributed by atoms with Crippen LogP contribution >= 0.6 is 0 Å². The maximum absolute atomic E-state index is 14.4. The summed E-state index contributed by atoms with van der Waals surface area (Å²) < 4.78 is 0. The van der Waals surface area contributed by atoms with Gasteiger partial charge in [-0.25, -0.2) is 4.98 Å². The Bertz CT molecular complexity index is 3060. The predicted octanol–water partition coefficient (Wildman–Crippen LogP) is -4.39. The van der Waals surface area contributed by atoms with Gasteiger partial charge in [0.05, 0.1) is 26.0 Å². The third-order valence-electron chi connectivity index (χ3n) is 14.1. The van der Waals surface area contributed by atoms with Crippen molar-refractivity contribution in [1.82, 2.24) is 67.7 Å². The fourth-order valence-corrected chi connectivity index (χ4v) is 9.79. The van der Waals surface area contributed by atoms with Crippen molar-refractivity contribution in [2.45, 2.75) is 126 Å². The van der Waals surface area contributed by atoms with Crippen LogP contribution in [0.15, 0.2) is 72.2 Å². The molecule has 30 nitrogen and oxygen atoms in total. The number of likely N-dealkylation sites (tertiary alicyclic amines) is 1. The van der Waals surface area contributed by atoms with Gasteiger partial charge in [-0.05, 0) is 73.8 Å². The summed E-state index contributed by atoms with van der Waals surface area (Å²) in [5.41, 5.74) is 18.3.